The molecule has 0 saturated heterocycles. The van der Waals surface area contributed by atoms with Gasteiger partial charge in [0.15, 0.2) is 0 Å². The average Bonchev–Trinajstić information content (AvgIpc) is 3.33. The van der Waals surface area contributed by atoms with E-state index in [1.54, 1.807) is 16.9 Å². The molecule has 2 heterocycles. The lowest BCUT2D eigenvalue weighted by Crippen LogP contribution is -2.23. The van der Waals surface area contributed by atoms with Crippen molar-refractivity contribution >= 4 is 11.6 Å². The standard InChI is InChI=1S/C19H15FN4O/c20-16-6-1-5-15(12-16)19(25)24-11-8-18(22-24)14-4-2-7-17(13-14)23-10-3-9-21-23/h1-7,9-10,12-13H,8,11H2. The number of amides is 1. The van der Waals surface area contributed by atoms with Crippen molar-refractivity contribution in [1.29, 1.82) is 0 Å². The molecule has 6 heteroatoms. The number of halogens is 1. The Hall–Kier alpha value is -3.28. The number of hydrogen-bond donors (Lipinski definition) is 0. The summed E-state index contributed by atoms with van der Waals surface area (Å²) in [5, 5.41) is 10.1. The summed E-state index contributed by atoms with van der Waals surface area (Å²) in [7, 11) is 0. The van der Waals surface area contributed by atoms with Crippen LogP contribution in [0.15, 0.2) is 72.1 Å². The second-order valence-corrected chi connectivity index (χ2v) is 5.74. The number of rotatable bonds is 3. The van der Waals surface area contributed by atoms with Crippen LogP contribution in [0.1, 0.15) is 22.3 Å². The van der Waals surface area contributed by atoms with Gasteiger partial charge in [0.25, 0.3) is 5.91 Å². The normalized spacial score (nSPS) is 13.8. The average molecular weight is 334 g/mol. The summed E-state index contributed by atoms with van der Waals surface area (Å²) in [6, 6.07) is 15.4. The third kappa shape index (κ3) is 3.06. The van der Waals surface area contributed by atoms with Gasteiger partial charge in [-0.15, -0.1) is 0 Å². The van der Waals surface area contributed by atoms with Crippen molar-refractivity contribution in [2.45, 2.75) is 6.42 Å². The minimum atomic E-state index is -0.429. The largest absolute Gasteiger partial charge is 0.274 e. The lowest BCUT2D eigenvalue weighted by atomic mass is 10.1. The van der Waals surface area contributed by atoms with Crippen molar-refractivity contribution in [3.63, 3.8) is 0 Å². The summed E-state index contributed by atoms with van der Waals surface area (Å²) in [5.41, 5.74) is 3.01. The highest BCUT2D eigenvalue weighted by Crippen LogP contribution is 2.19. The van der Waals surface area contributed by atoms with E-state index in [1.165, 1.54) is 23.2 Å². The fraction of sp³-hybridized carbons (Fsp3) is 0.105. The number of carbonyl (C=O) groups excluding carboxylic acids is 1. The van der Waals surface area contributed by atoms with E-state index in [1.807, 2.05) is 36.5 Å². The Morgan fingerprint density at radius 2 is 1.96 bits per heavy atom. The first-order valence-electron chi connectivity index (χ1n) is 7.96. The van der Waals surface area contributed by atoms with Crippen LogP contribution < -0.4 is 0 Å². The smallest absolute Gasteiger partial charge is 0.267 e. The van der Waals surface area contributed by atoms with Crippen LogP contribution in [-0.4, -0.2) is 33.0 Å². The number of nitrogens with zero attached hydrogens (tertiary/aromatic N) is 4. The van der Waals surface area contributed by atoms with Gasteiger partial charge in [0.1, 0.15) is 5.82 Å². The number of aromatic nitrogens is 2. The van der Waals surface area contributed by atoms with Gasteiger partial charge in [-0.1, -0.05) is 18.2 Å². The minimum Gasteiger partial charge on any atom is -0.267 e. The molecule has 0 fully saturated rings. The highest BCUT2D eigenvalue weighted by molar-refractivity contribution is 6.04. The summed E-state index contributed by atoms with van der Waals surface area (Å²) >= 11 is 0. The van der Waals surface area contributed by atoms with Gasteiger partial charge in [-0.3, -0.25) is 4.79 Å². The molecular weight excluding hydrogens is 319 g/mol. The van der Waals surface area contributed by atoms with Crippen LogP contribution >= 0.6 is 0 Å². The highest BCUT2D eigenvalue weighted by Gasteiger charge is 2.23. The first kappa shape index (κ1) is 15.3. The lowest BCUT2D eigenvalue weighted by molar-refractivity contribution is 0.0778. The Bertz CT molecular complexity index is 950. The molecule has 0 atom stereocenters. The van der Waals surface area contributed by atoms with Crippen molar-refractivity contribution in [3.05, 3.63) is 83.9 Å². The molecule has 124 valence electrons. The third-order valence-corrected chi connectivity index (χ3v) is 4.06. The molecule has 2 aromatic carbocycles. The van der Waals surface area contributed by atoms with E-state index in [0.29, 0.717) is 18.5 Å². The molecule has 0 spiro atoms. The van der Waals surface area contributed by atoms with Crippen molar-refractivity contribution in [2.75, 3.05) is 6.54 Å². The molecule has 1 aliphatic rings. The third-order valence-electron chi connectivity index (χ3n) is 4.06. The second-order valence-electron chi connectivity index (χ2n) is 5.74. The number of benzene rings is 2. The van der Waals surface area contributed by atoms with E-state index in [-0.39, 0.29) is 5.91 Å². The van der Waals surface area contributed by atoms with E-state index < -0.39 is 5.82 Å². The van der Waals surface area contributed by atoms with Crippen molar-refractivity contribution in [3.8, 4) is 5.69 Å². The fourth-order valence-electron chi connectivity index (χ4n) is 2.83. The van der Waals surface area contributed by atoms with Crippen molar-refractivity contribution in [2.24, 2.45) is 5.10 Å². The van der Waals surface area contributed by atoms with Gasteiger partial charge in [-0.25, -0.2) is 14.1 Å². The van der Waals surface area contributed by atoms with Gasteiger partial charge in [0, 0.05) is 24.4 Å². The van der Waals surface area contributed by atoms with Gasteiger partial charge in [0.05, 0.1) is 17.9 Å². The fourth-order valence-corrected chi connectivity index (χ4v) is 2.83. The molecule has 0 saturated carbocycles. The summed E-state index contributed by atoms with van der Waals surface area (Å²) in [6.07, 6.45) is 4.25. The second kappa shape index (κ2) is 6.32. The van der Waals surface area contributed by atoms with Crippen LogP contribution in [0.4, 0.5) is 4.39 Å². The van der Waals surface area contributed by atoms with Crippen molar-refractivity contribution < 1.29 is 9.18 Å². The maximum absolute atomic E-state index is 13.3. The van der Waals surface area contributed by atoms with Gasteiger partial charge < -0.3 is 0 Å². The Morgan fingerprint density at radius 1 is 1.08 bits per heavy atom. The van der Waals surface area contributed by atoms with Gasteiger partial charge in [-0.2, -0.15) is 10.2 Å². The SMILES string of the molecule is O=C(c1cccc(F)c1)N1CCC(c2cccc(-n3cccn3)c2)=N1. The predicted molar refractivity (Wildman–Crippen MR) is 92.2 cm³/mol. The summed E-state index contributed by atoms with van der Waals surface area (Å²) in [5.74, 6) is -0.723. The molecule has 3 aromatic rings. The zero-order valence-corrected chi connectivity index (χ0v) is 13.3. The monoisotopic (exact) mass is 334 g/mol. The van der Waals surface area contributed by atoms with Crippen LogP contribution in [0.25, 0.3) is 5.69 Å². The van der Waals surface area contributed by atoms with E-state index in [0.717, 1.165) is 17.0 Å². The van der Waals surface area contributed by atoms with E-state index in [4.69, 9.17) is 0 Å². The maximum atomic E-state index is 13.3. The Balaban J connectivity index is 1.59. The van der Waals surface area contributed by atoms with Crippen LogP contribution in [-0.2, 0) is 0 Å². The topological polar surface area (TPSA) is 50.5 Å². The Morgan fingerprint density at radius 3 is 2.76 bits per heavy atom. The molecular formula is C19H15FN4O. The molecule has 0 bridgehead atoms. The molecule has 0 radical (unpaired) electrons. The molecule has 1 aromatic heterocycles. The van der Waals surface area contributed by atoms with Crippen molar-refractivity contribution in [1.82, 2.24) is 14.8 Å². The molecule has 25 heavy (non-hydrogen) atoms. The summed E-state index contributed by atoms with van der Waals surface area (Å²) < 4.78 is 15.1. The summed E-state index contributed by atoms with van der Waals surface area (Å²) in [4.78, 5) is 12.5. The Labute approximate surface area is 144 Å². The summed E-state index contributed by atoms with van der Waals surface area (Å²) in [6.45, 7) is 0.483. The van der Waals surface area contributed by atoms with Crippen LogP contribution in [0, 0.1) is 5.82 Å². The number of carbonyl (C=O) groups is 1. The van der Waals surface area contributed by atoms with E-state index >= 15 is 0 Å². The molecule has 1 aliphatic heterocycles. The molecule has 0 N–H and O–H groups in total. The zero-order chi connectivity index (χ0) is 17.2. The predicted octanol–water partition coefficient (Wildman–Crippen LogP) is 3.26. The molecule has 0 unspecified atom stereocenters. The highest BCUT2D eigenvalue weighted by atomic mass is 19.1. The zero-order valence-electron chi connectivity index (χ0n) is 13.3. The van der Waals surface area contributed by atoms with Crippen LogP contribution in [0.3, 0.4) is 0 Å². The van der Waals surface area contributed by atoms with Gasteiger partial charge >= 0.3 is 0 Å². The first-order valence-corrected chi connectivity index (χ1v) is 7.96. The van der Waals surface area contributed by atoms with Crippen LogP contribution in [0.5, 0.6) is 0 Å². The maximum Gasteiger partial charge on any atom is 0.274 e. The number of hydrogen-bond acceptors (Lipinski definition) is 3. The van der Waals surface area contributed by atoms with Crippen LogP contribution in [0.2, 0.25) is 0 Å². The molecule has 4 rings (SSSR count). The van der Waals surface area contributed by atoms with E-state index in [2.05, 4.69) is 10.2 Å². The van der Waals surface area contributed by atoms with Gasteiger partial charge in [-0.05, 0) is 42.0 Å². The molecule has 0 aliphatic carbocycles. The first-order chi connectivity index (χ1) is 12.2. The Kier molecular flexibility index (Phi) is 3.85. The van der Waals surface area contributed by atoms with Gasteiger partial charge in [0.2, 0.25) is 0 Å². The minimum absolute atomic E-state index is 0.294. The lowest BCUT2D eigenvalue weighted by Gasteiger charge is -2.11. The van der Waals surface area contributed by atoms with E-state index in [9.17, 15) is 9.18 Å². The molecule has 5 nitrogen and oxygen atoms in total. The molecule has 1 amide bonds. The number of hydrazone groups is 1. The quantitative estimate of drug-likeness (QED) is 0.738.